The van der Waals surface area contributed by atoms with E-state index in [-0.39, 0.29) is 12.3 Å². The maximum atomic E-state index is 10.5. The smallest absolute Gasteiger partial charge is 0.218 e. The summed E-state index contributed by atoms with van der Waals surface area (Å²) in [6.45, 7) is 0. The Hall–Kier alpha value is -1.03. The average Bonchev–Trinajstić information content (AvgIpc) is 2.15. The van der Waals surface area contributed by atoms with Crippen molar-refractivity contribution < 1.29 is 4.79 Å². The van der Waals surface area contributed by atoms with Gasteiger partial charge in [0.05, 0.1) is 5.03 Å². The molecule has 1 radical (unpaired) electrons. The van der Waals surface area contributed by atoms with Crippen molar-refractivity contribution >= 4 is 17.7 Å². The monoisotopic (exact) mass is 195 g/mol. The Labute approximate surface area is 81.7 Å². The maximum absolute atomic E-state index is 10.5. The molecule has 13 heavy (non-hydrogen) atoms. The molecule has 1 aromatic heterocycles. The van der Waals surface area contributed by atoms with Crippen LogP contribution in [0.1, 0.15) is 12.0 Å². The number of rotatable bonds is 4. The normalized spacial score (nSPS) is 9.92. The van der Waals surface area contributed by atoms with Gasteiger partial charge >= 0.3 is 0 Å². The molecule has 0 aliphatic rings. The Bertz CT molecular complexity index is 301. The highest BCUT2D eigenvalue weighted by Crippen LogP contribution is 2.14. The Morgan fingerprint density at radius 3 is 3.15 bits per heavy atom. The van der Waals surface area contributed by atoms with Crippen molar-refractivity contribution in [3.05, 3.63) is 30.3 Å². The quantitative estimate of drug-likeness (QED) is 0.735. The summed E-state index contributed by atoms with van der Waals surface area (Å²) in [5, 5.41) is 0.943. The van der Waals surface area contributed by atoms with Gasteiger partial charge in [0.2, 0.25) is 5.91 Å². The van der Waals surface area contributed by atoms with Gasteiger partial charge in [0.25, 0.3) is 0 Å². The van der Waals surface area contributed by atoms with Crippen LogP contribution in [0.2, 0.25) is 0 Å². The summed E-state index contributed by atoms with van der Waals surface area (Å²) in [6.07, 6.45) is 5.75. The summed E-state index contributed by atoms with van der Waals surface area (Å²) in [5.74, 6) is -0.317. The molecule has 69 valence electrons. The number of amides is 1. The Morgan fingerprint density at radius 1 is 1.77 bits per heavy atom. The highest BCUT2D eigenvalue weighted by Gasteiger charge is 1.99. The van der Waals surface area contributed by atoms with Crippen molar-refractivity contribution in [2.45, 2.75) is 11.4 Å². The van der Waals surface area contributed by atoms with Gasteiger partial charge in [-0.25, -0.2) is 4.98 Å². The molecule has 1 rings (SSSR count). The van der Waals surface area contributed by atoms with E-state index in [1.165, 1.54) is 0 Å². The predicted molar refractivity (Wildman–Crippen MR) is 53.2 cm³/mol. The number of carbonyl (C=O) groups is 1. The molecule has 1 amide bonds. The summed E-state index contributed by atoms with van der Waals surface area (Å²) in [7, 11) is 0. The van der Waals surface area contributed by atoms with Crippen LogP contribution >= 0.6 is 11.8 Å². The van der Waals surface area contributed by atoms with E-state index in [9.17, 15) is 4.79 Å². The third-order valence-electron chi connectivity index (χ3n) is 1.51. The average molecular weight is 195 g/mol. The van der Waals surface area contributed by atoms with Crippen molar-refractivity contribution in [1.29, 1.82) is 0 Å². The first kappa shape index (κ1) is 10.1. The fraction of sp³-hybridized carbons (Fsp3) is 0.222. The summed E-state index contributed by atoms with van der Waals surface area (Å²) >= 11 is 1.57. The minimum atomic E-state index is -0.317. The van der Waals surface area contributed by atoms with Gasteiger partial charge in [0, 0.05) is 19.0 Å². The van der Waals surface area contributed by atoms with E-state index in [0.29, 0.717) is 0 Å². The summed E-state index contributed by atoms with van der Waals surface area (Å²) in [4.78, 5) is 14.6. The van der Waals surface area contributed by atoms with Gasteiger partial charge in [-0.05, 0) is 24.0 Å². The van der Waals surface area contributed by atoms with Gasteiger partial charge < -0.3 is 5.73 Å². The third-order valence-corrected chi connectivity index (χ3v) is 2.15. The van der Waals surface area contributed by atoms with Crippen molar-refractivity contribution in [3.63, 3.8) is 0 Å². The van der Waals surface area contributed by atoms with E-state index in [2.05, 4.69) is 4.98 Å². The number of primary amides is 1. The van der Waals surface area contributed by atoms with Crippen molar-refractivity contribution in [3.8, 4) is 0 Å². The summed E-state index contributed by atoms with van der Waals surface area (Å²) in [5.41, 5.74) is 6.00. The van der Waals surface area contributed by atoms with Crippen LogP contribution in [-0.2, 0) is 4.79 Å². The first-order chi connectivity index (χ1) is 6.22. The van der Waals surface area contributed by atoms with Crippen LogP contribution < -0.4 is 5.73 Å². The molecule has 0 aliphatic carbocycles. The molecule has 1 heterocycles. The highest BCUT2D eigenvalue weighted by molar-refractivity contribution is 7.98. The molecule has 0 unspecified atom stereocenters. The molecule has 0 spiro atoms. The van der Waals surface area contributed by atoms with E-state index in [4.69, 9.17) is 5.73 Å². The van der Waals surface area contributed by atoms with E-state index in [1.807, 2.05) is 18.4 Å². The molecule has 4 heteroatoms. The van der Waals surface area contributed by atoms with Crippen LogP contribution in [0.15, 0.2) is 23.4 Å². The number of nitrogens with zero attached hydrogens (tertiary/aromatic N) is 1. The number of hydrogen-bond donors (Lipinski definition) is 1. The summed E-state index contributed by atoms with van der Waals surface area (Å²) in [6, 6.07) is 3.77. The molecule has 0 atom stereocenters. The van der Waals surface area contributed by atoms with Gasteiger partial charge in [-0.2, -0.15) is 0 Å². The fourth-order valence-corrected chi connectivity index (χ4v) is 1.30. The zero-order valence-corrected chi connectivity index (χ0v) is 8.17. The molecule has 0 saturated heterocycles. The topological polar surface area (TPSA) is 56.0 Å². The molecule has 0 aliphatic heterocycles. The van der Waals surface area contributed by atoms with Gasteiger partial charge in [-0.15, -0.1) is 11.8 Å². The molecule has 0 saturated carbocycles. The van der Waals surface area contributed by atoms with Crippen LogP contribution in [0.25, 0.3) is 0 Å². The molecular weight excluding hydrogens is 184 g/mol. The van der Waals surface area contributed by atoms with Crippen LogP contribution in [0.5, 0.6) is 0 Å². The van der Waals surface area contributed by atoms with Crippen molar-refractivity contribution in [1.82, 2.24) is 4.98 Å². The van der Waals surface area contributed by atoms with Crippen LogP contribution in [0.4, 0.5) is 0 Å². The molecule has 2 N–H and O–H groups in total. The predicted octanol–water partition coefficient (Wildman–Crippen LogP) is 1.23. The number of hydrogen-bond acceptors (Lipinski definition) is 3. The molecule has 1 aromatic rings. The number of thioether (sulfide) groups is 1. The third kappa shape index (κ3) is 3.46. The molecule has 0 fully saturated rings. The van der Waals surface area contributed by atoms with E-state index >= 15 is 0 Å². The van der Waals surface area contributed by atoms with Gasteiger partial charge in [0.1, 0.15) is 0 Å². The van der Waals surface area contributed by atoms with Gasteiger partial charge in [-0.1, -0.05) is 0 Å². The first-order valence-corrected chi connectivity index (χ1v) is 5.06. The second kappa shape index (κ2) is 4.87. The second-order valence-corrected chi connectivity index (χ2v) is 3.33. The lowest BCUT2D eigenvalue weighted by atomic mass is 10.1. The van der Waals surface area contributed by atoms with E-state index in [0.717, 1.165) is 10.6 Å². The van der Waals surface area contributed by atoms with Crippen molar-refractivity contribution in [2.75, 3.05) is 6.26 Å². The lowest BCUT2D eigenvalue weighted by Gasteiger charge is -1.99. The minimum absolute atomic E-state index is 0.276. The second-order valence-electron chi connectivity index (χ2n) is 2.51. The lowest BCUT2D eigenvalue weighted by Crippen LogP contribution is -2.10. The van der Waals surface area contributed by atoms with Crippen LogP contribution in [0.3, 0.4) is 0 Å². The standard InChI is InChI=1S/C9H11N2OS/c1-13-9-6-7(4-5-11-9)2-3-8(10)12/h2,4-6H,3H2,1H3,(H2,10,12). The zero-order chi connectivity index (χ0) is 9.68. The fourth-order valence-electron chi connectivity index (χ4n) is 0.882. The number of carbonyl (C=O) groups excluding carboxylic acids is 1. The van der Waals surface area contributed by atoms with E-state index in [1.54, 1.807) is 24.4 Å². The Balaban J connectivity index is 2.61. The highest BCUT2D eigenvalue weighted by atomic mass is 32.2. The Morgan fingerprint density at radius 2 is 2.54 bits per heavy atom. The summed E-state index contributed by atoms with van der Waals surface area (Å²) < 4.78 is 0. The Kier molecular flexibility index (Phi) is 3.76. The van der Waals surface area contributed by atoms with Crippen molar-refractivity contribution in [2.24, 2.45) is 5.73 Å². The first-order valence-electron chi connectivity index (χ1n) is 3.84. The molecule has 0 bridgehead atoms. The lowest BCUT2D eigenvalue weighted by molar-refractivity contribution is -0.117. The zero-order valence-electron chi connectivity index (χ0n) is 7.36. The van der Waals surface area contributed by atoms with Crippen LogP contribution in [-0.4, -0.2) is 17.1 Å². The van der Waals surface area contributed by atoms with Crippen LogP contribution in [0, 0.1) is 6.42 Å². The SMILES string of the molecule is CSc1cc([CH]CC(N)=O)ccn1. The number of nitrogens with two attached hydrogens (primary N) is 1. The maximum Gasteiger partial charge on any atom is 0.218 e. The van der Waals surface area contributed by atoms with E-state index < -0.39 is 0 Å². The molecule has 0 aromatic carbocycles. The number of pyridine rings is 1. The largest absolute Gasteiger partial charge is 0.370 e. The van der Waals surface area contributed by atoms with Gasteiger partial charge in [-0.3, -0.25) is 4.79 Å². The molecule has 3 nitrogen and oxygen atoms in total. The minimum Gasteiger partial charge on any atom is -0.370 e. The number of aromatic nitrogens is 1. The molecular formula is C9H11N2OS. The van der Waals surface area contributed by atoms with Gasteiger partial charge in [0.15, 0.2) is 0 Å².